The molecule has 20 heavy (non-hydrogen) atoms. The number of rotatable bonds is 3. The number of hydrogen-bond acceptors (Lipinski definition) is 5. The highest BCUT2D eigenvalue weighted by Crippen LogP contribution is 2.19. The number of hydrogen-bond donors (Lipinski definition) is 1. The summed E-state index contributed by atoms with van der Waals surface area (Å²) in [6, 6.07) is 5.55. The minimum atomic E-state index is -0.503. The highest BCUT2D eigenvalue weighted by Gasteiger charge is 2.14. The predicted octanol–water partition coefficient (Wildman–Crippen LogP) is 2.60. The number of nitrogens with one attached hydrogen (secondary N) is 1. The van der Waals surface area contributed by atoms with Crippen LogP contribution in [0.1, 0.15) is 15.9 Å². The minimum absolute atomic E-state index is 0.0412. The summed E-state index contributed by atoms with van der Waals surface area (Å²) in [6.45, 7) is 1.56. The van der Waals surface area contributed by atoms with Crippen LogP contribution in [0.15, 0.2) is 30.5 Å². The first-order valence-corrected chi connectivity index (χ1v) is 5.90. The lowest BCUT2D eigenvalue weighted by molar-refractivity contribution is -0.385. The second-order valence-electron chi connectivity index (χ2n) is 3.92. The monoisotopic (exact) mass is 292 g/mol. The summed E-state index contributed by atoms with van der Waals surface area (Å²) in [6.07, 6.45) is 1.41. The van der Waals surface area contributed by atoms with Crippen LogP contribution in [-0.4, -0.2) is 20.8 Å². The van der Waals surface area contributed by atoms with Crippen molar-refractivity contribution < 1.29 is 9.72 Å². The molecule has 0 aliphatic rings. The maximum atomic E-state index is 12.0. The average Bonchev–Trinajstić information content (AvgIpc) is 2.38. The molecule has 1 N–H and O–H groups in total. The number of amides is 1. The third kappa shape index (κ3) is 3.07. The summed E-state index contributed by atoms with van der Waals surface area (Å²) >= 11 is 5.68. The molecular formula is C12H9ClN4O3. The minimum Gasteiger partial charge on any atom is -0.290 e. The quantitative estimate of drug-likeness (QED) is 0.532. The molecule has 1 aromatic heterocycles. The summed E-state index contributed by atoms with van der Waals surface area (Å²) in [5, 5.41) is 13.4. The van der Waals surface area contributed by atoms with Gasteiger partial charge in [0.25, 0.3) is 11.6 Å². The van der Waals surface area contributed by atoms with E-state index >= 15 is 0 Å². The highest BCUT2D eigenvalue weighted by molar-refractivity contribution is 6.29. The van der Waals surface area contributed by atoms with Crippen molar-refractivity contribution >= 4 is 29.1 Å². The molecule has 1 aromatic carbocycles. The van der Waals surface area contributed by atoms with Crippen molar-refractivity contribution in [2.75, 3.05) is 5.32 Å². The number of nitro benzene ring substituents is 1. The summed E-state index contributed by atoms with van der Waals surface area (Å²) in [5.74, 6) is -0.399. The Kier molecular flexibility index (Phi) is 3.90. The van der Waals surface area contributed by atoms with Crippen LogP contribution >= 0.6 is 11.6 Å². The van der Waals surface area contributed by atoms with Gasteiger partial charge in [0, 0.05) is 23.4 Å². The zero-order valence-corrected chi connectivity index (χ0v) is 11.1. The Morgan fingerprint density at radius 2 is 2.15 bits per heavy atom. The lowest BCUT2D eigenvalue weighted by Gasteiger charge is -2.04. The zero-order valence-electron chi connectivity index (χ0n) is 10.3. The van der Waals surface area contributed by atoms with Gasteiger partial charge >= 0.3 is 0 Å². The van der Waals surface area contributed by atoms with Crippen molar-refractivity contribution in [1.82, 2.24) is 9.97 Å². The van der Waals surface area contributed by atoms with E-state index in [4.69, 9.17) is 11.6 Å². The van der Waals surface area contributed by atoms with Crippen molar-refractivity contribution in [2.45, 2.75) is 6.92 Å². The van der Waals surface area contributed by atoms with E-state index in [1.54, 1.807) is 6.92 Å². The molecule has 2 rings (SSSR count). The van der Waals surface area contributed by atoms with Crippen LogP contribution < -0.4 is 5.32 Å². The average molecular weight is 293 g/mol. The molecule has 1 heterocycles. The summed E-state index contributed by atoms with van der Waals surface area (Å²) in [5.41, 5.74) is 0.631. The molecule has 0 saturated carbocycles. The topological polar surface area (TPSA) is 98.0 Å². The van der Waals surface area contributed by atoms with Crippen molar-refractivity contribution in [3.63, 3.8) is 0 Å². The first-order valence-electron chi connectivity index (χ1n) is 5.52. The van der Waals surface area contributed by atoms with Crippen LogP contribution in [0.4, 0.5) is 11.6 Å². The number of nitro groups is 1. The number of anilines is 1. The van der Waals surface area contributed by atoms with Gasteiger partial charge in [-0.1, -0.05) is 11.6 Å². The fraction of sp³-hybridized carbons (Fsp3) is 0.0833. The molecule has 0 aliphatic carbocycles. The van der Waals surface area contributed by atoms with Gasteiger partial charge in [0.05, 0.1) is 4.92 Å². The van der Waals surface area contributed by atoms with Crippen molar-refractivity contribution in [3.8, 4) is 0 Å². The summed E-state index contributed by atoms with van der Waals surface area (Å²) in [7, 11) is 0. The number of aromatic nitrogens is 2. The Morgan fingerprint density at radius 1 is 1.40 bits per heavy atom. The zero-order chi connectivity index (χ0) is 14.7. The lowest BCUT2D eigenvalue weighted by Crippen LogP contribution is -2.14. The van der Waals surface area contributed by atoms with Crippen molar-refractivity contribution in [1.29, 1.82) is 0 Å². The fourth-order valence-corrected chi connectivity index (χ4v) is 1.71. The standard InChI is InChI=1S/C12H9ClN4O3/c1-7-6-8(2-3-9(7)17(19)20)11(18)16-12-14-5-4-10(13)15-12/h2-6H,1H3,(H,14,15,16,18). The molecule has 0 aliphatic heterocycles. The molecule has 0 bridgehead atoms. The van der Waals surface area contributed by atoms with Crippen molar-refractivity contribution in [2.24, 2.45) is 0 Å². The Hall–Kier alpha value is -2.54. The third-order valence-corrected chi connectivity index (χ3v) is 2.71. The molecule has 0 atom stereocenters. The maximum Gasteiger partial charge on any atom is 0.272 e. The molecule has 0 radical (unpaired) electrons. The Bertz CT molecular complexity index is 690. The SMILES string of the molecule is Cc1cc(C(=O)Nc2nccc(Cl)n2)ccc1[N+](=O)[O-]. The number of carbonyl (C=O) groups excluding carboxylic acids is 1. The van der Waals surface area contributed by atoms with Crippen LogP contribution in [0.5, 0.6) is 0 Å². The molecule has 2 aromatic rings. The van der Waals surface area contributed by atoms with Gasteiger partial charge in [-0.05, 0) is 25.1 Å². The number of carbonyl (C=O) groups is 1. The van der Waals surface area contributed by atoms with Gasteiger partial charge in [-0.2, -0.15) is 0 Å². The molecule has 102 valence electrons. The Morgan fingerprint density at radius 3 is 2.75 bits per heavy atom. The van der Waals surface area contributed by atoms with Gasteiger partial charge in [-0.25, -0.2) is 9.97 Å². The molecule has 0 fully saturated rings. The second kappa shape index (κ2) is 5.62. The lowest BCUT2D eigenvalue weighted by atomic mass is 10.1. The molecule has 8 heteroatoms. The van der Waals surface area contributed by atoms with E-state index in [0.29, 0.717) is 5.56 Å². The van der Waals surface area contributed by atoms with Gasteiger partial charge in [0.15, 0.2) is 0 Å². The fourth-order valence-electron chi connectivity index (χ4n) is 1.57. The predicted molar refractivity (Wildman–Crippen MR) is 72.8 cm³/mol. The molecule has 0 unspecified atom stereocenters. The molecule has 0 saturated heterocycles. The van der Waals surface area contributed by atoms with Crippen LogP contribution in [0, 0.1) is 17.0 Å². The molecule has 1 amide bonds. The van der Waals surface area contributed by atoms with Crippen LogP contribution in [0.2, 0.25) is 5.15 Å². The van der Waals surface area contributed by atoms with E-state index in [-0.39, 0.29) is 22.4 Å². The molecular weight excluding hydrogens is 284 g/mol. The normalized spacial score (nSPS) is 10.1. The first kappa shape index (κ1) is 13.9. The second-order valence-corrected chi connectivity index (χ2v) is 4.30. The summed E-state index contributed by atoms with van der Waals surface area (Å²) in [4.78, 5) is 29.8. The van der Waals surface area contributed by atoms with E-state index < -0.39 is 10.8 Å². The highest BCUT2D eigenvalue weighted by atomic mass is 35.5. The smallest absolute Gasteiger partial charge is 0.272 e. The van der Waals surface area contributed by atoms with Crippen LogP contribution in [-0.2, 0) is 0 Å². The van der Waals surface area contributed by atoms with E-state index in [1.807, 2.05) is 0 Å². The Labute approximate surface area is 118 Å². The van der Waals surface area contributed by atoms with Gasteiger partial charge in [-0.3, -0.25) is 20.2 Å². The van der Waals surface area contributed by atoms with Crippen molar-refractivity contribution in [3.05, 3.63) is 56.9 Å². The number of benzene rings is 1. The molecule has 7 nitrogen and oxygen atoms in total. The Balaban J connectivity index is 2.22. The third-order valence-electron chi connectivity index (χ3n) is 2.50. The van der Waals surface area contributed by atoms with Crippen LogP contribution in [0.3, 0.4) is 0 Å². The number of halogens is 1. The van der Waals surface area contributed by atoms with E-state index in [2.05, 4.69) is 15.3 Å². The van der Waals surface area contributed by atoms with E-state index in [0.717, 1.165) is 0 Å². The summed E-state index contributed by atoms with van der Waals surface area (Å²) < 4.78 is 0. The van der Waals surface area contributed by atoms with Gasteiger partial charge < -0.3 is 0 Å². The first-order chi connectivity index (χ1) is 9.47. The van der Waals surface area contributed by atoms with E-state index in [1.165, 1.54) is 30.5 Å². The number of nitrogens with zero attached hydrogens (tertiary/aromatic N) is 3. The maximum absolute atomic E-state index is 12.0. The largest absolute Gasteiger partial charge is 0.290 e. The van der Waals surface area contributed by atoms with E-state index in [9.17, 15) is 14.9 Å². The van der Waals surface area contributed by atoms with Gasteiger partial charge in [-0.15, -0.1) is 0 Å². The number of aryl methyl sites for hydroxylation is 1. The van der Waals surface area contributed by atoms with Gasteiger partial charge in [0.2, 0.25) is 5.95 Å². The molecule has 0 spiro atoms. The van der Waals surface area contributed by atoms with Gasteiger partial charge in [0.1, 0.15) is 5.15 Å². The van der Waals surface area contributed by atoms with Crippen LogP contribution in [0.25, 0.3) is 0 Å².